The molecule has 1 aliphatic rings. The Morgan fingerprint density at radius 3 is 2.43 bits per heavy atom. The van der Waals surface area contributed by atoms with Crippen molar-refractivity contribution in [2.75, 3.05) is 13.7 Å². The number of methoxy groups -OCH3 is 1. The Morgan fingerprint density at radius 2 is 1.77 bits per heavy atom. The highest BCUT2D eigenvalue weighted by molar-refractivity contribution is 6.22. The molecule has 0 heterocycles. The predicted molar refractivity (Wildman–Crippen MR) is 113 cm³/mol. The average Bonchev–Trinajstić information content (AvgIpc) is 3.25. The highest BCUT2D eigenvalue weighted by Gasteiger charge is 2.35. The van der Waals surface area contributed by atoms with Crippen LogP contribution in [0, 0.1) is 11.3 Å². The number of ether oxygens (including phenoxy) is 2. The molecular weight excluding hydrogens is 380 g/mol. The molecule has 0 spiro atoms. The normalized spacial score (nSPS) is 15.1. The molecule has 1 N–H and O–H groups in total. The molecule has 2 aromatic carbocycles. The van der Waals surface area contributed by atoms with Gasteiger partial charge in [0, 0.05) is 5.56 Å². The third kappa shape index (κ3) is 5.06. The van der Waals surface area contributed by atoms with Crippen LogP contribution in [-0.4, -0.2) is 31.1 Å². The van der Waals surface area contributed by atoms with Gasteiger partial charge in [-0.3, -0.25) is 4.79 Å². The second-order valence-electron chi connectivity index (χ2n) is 7.19. The molecule has 6 nitrogen and oxygen atoms in total. The third-order valence-electron chi connectivity index (χ3n) is 5.13. The number of carbonyl (C=O) groups excluding carboxylic acids is 2. The van der Waals surface area contributed by atoms with Crippen LogP contribution in [0.3, 0.4) is 0 Å². The molecule has 0 bridgehead atoms. The Kier molecular flexibility index (Phi) is 6.87. The summed E-state index contributed by atoms with van der Waals surface area (Å²) in [5.74, 6) is -0.482. The van der Waals surface area contributed by atoms with Crippen molar-refractivity contribution in [1.82, 2.24) is 5.32 Å². The fraction of sp³-hybridized carbons (Fsp3) is 0.292. The maximum absolute atomic E-state index is 12.9. The van der Waals surface area contributed by atoms with Crippen molar-refractivity contribution in [3.63, 3.8) is 0 Å². The summed E-state index contributed by atoms with van der Waals surface area (Å²) in [6.45, 7) is -0.446. The van der Waals surface area contributed by atoms with Crippen LogP contribution in [0.25, 0.3) is 11.6 Å². The summed E-state index contributed by atoms with van der Waals surface area (Å²) >= 11 is 0. The number of carbonyl (C=O) groups is 2. The zero-order valence-electron chi connectivity index (χ0n) is 16.9. The fourth-order valence-corrected chi connectivity index (χ4v) is 3.57. The lowest BCUT2D eigenvalue weighted by molar-refractivity contribution is -0.143. The molecule has 1 aliphatic carbocycles. The number of para-hydroxylation sites is 1. The maximum Gasteiger partial charge on any atom is 0.339 e. The number of benzene rings is 2. The van der Waals surface area contributed by atoms with Crippen molar-refractivity contribution < 1.29 is 19.1 Å². The summed E-state index contributed by atoms with van der Waals surface area (Å²) in [6, 6.07) is 18.6. The summed E-state index contributed by atoms with van der Waals surface area (Å²) in [5, 5.41) is 12.1. The van der Waals surface area contributed by atoms with Crippen LogP contribution < -0.4 is 10.1 Å². The van der Waals surface area contributed by atoms with E-state index in [2.05, 4.69) is 11.4 Å². The predicted octanol–water partition coefficient (Wildman–Crippen LogP) is 3.73. The molecule has 6 heteroatoms. The van der Waals surface area contributed by atoms with Crippen molar-refractivity contribution in [3.05, 3.63) is 65.7 Å². The van der Waals surface area contributed by atoms with Crippen LogP contribution in [0.15, 0.2) is 54.6 Å². The minimum Gasteiger partial charge on any atom is -0.496 e. The van der Waals surface area contributed by atoms with Gasteiger partial charge in [0.15, 0.2) is 6.61 Å². The summed E-state index contributed by atoms with van der Waals surface area (Å²) in [4.78, 5) is 25.2. The zero-order valence-corrected chi connectivity index (χ0v) is 16.9. The first-order chi connectivity index (χ1) is 14.6. The second kappa shape index (κ2) is 9.75. The number of rotatable bonds is 7. The second-order valence-corrected chi connectivity index (χ2v) is 7.19. The van der Waals surface area contributed by atoms with Gasteiger partial charge in [0.05, 0.1) is 18.8 Å². The molecule has 30 heavy (non-hydrogen) atoms. The molecule has 0 radical (unpaired) electrons. The Bertz CT molecular complexity index is 970. The van der Waals surface area contributed by atoms with E-state index in [1.54, 1.807) is 31.4 Å². The quantitative estimate of drug-likeness (QED) is 0.432. The number of nitrogens with zero attached hydrogens (tertiary/aromatic N) is 1. The van der Waals surface area contributed by atoms with Crippen molar-refractivity contribution in [2.24, 2.45) is 0 Å². The third-order valence-corrected chi connectivity index (χ3v) is 5.13. The lowest BCUT2D eigenvalue weighted by Crippen LogP contribution is -2.46. The van der Waals surface area contributed by atoms with E-state index in [9.17, 15) is 14.9 Å². The highest BCUT2D eigenvalue weighted by atomic mass is 16.5. The molecule has 0 saturated heterocycles. The van der Waals surface area contributed by atoms with Crippen molar-refractivity contribution >= 4 is 23.5 Å². The monoisotopic (exact) mass is 404 g/mol. The summed E-state index contributed by atoms with van der Waals surface area (Å²) < 4.78 is 10.7. The topological polar surface area (TPSA) is 88.4 Å². The number of nitrogens with one attached hydrogen (secondary N) is 1. The van der Waals surface area contributed by atoms with Gasteiger partial charge in [0.2, 0.25) is 0 Å². The standard InChI is InChI=1S/C24H24N2O4/c1-29-21-12-6-5-11-19(21)15-20(18-9-3-2-4-10-18)23(28)30-16-22(27)26-24(17-25)13-7-8-14-24/h2-6,9-12,15H,7-8,13-14,16H2,1H3,(H,26,27)/b20-15+. The lowest BCUT2D eigenvalue weighted by Gasteiger charge is -2.21. The molecule has 1 fully saturated rings. The molecule has 3 rings (SSSR count). The number of amides is 1. The van der Waals surface area contributed by atoms with E-state index in [1.807, 2.05) is 36.4 Å². The number of hydrogen-bond acceptors (Lipinski definition) is 5. The van der Waals surface area contributed by atoms with Crippen LogP contribution in [0.1, 0.15) is 36.8 Å². The van der Waals surface area contributed by atoms with E-state index in [0.717, 1.165) is 18.4 Å². The van der Waals surface area contributed by atoms with Crippen LogP contribution in [0.4, 0.5) is 0 Å². The van der Waals surface area contributed by atoms with Gasteiger partial charge in [-0.25, -0.2) is 4.79 Å². The Hall–Kier alpha value is -3.59. The Balaban J connectivity index is 1.77. The number of hydrogen-bond donors (Lipinski definition) is 1. The molecule has 0 aromatic heterocycles. The highest BCUT2D eigenvalue weighted by Crippen LogP contribution is 2.29. The van der Waals surface area contributed by atoms with E-state index in [0.29, 0.717) is 29.7 Å². The Morgan fingerprint density at radius 1 is 1.10 bits per heavy atom. The maximum atomic E-state index is 12.9. The van der Waals surface area contributed by atoms with Gasteiger partial charge < -0.3 is 14.8 Å². The lowest BCUT2D eigenvalue weighted by atomic mass is 10.00. The molecule has 2 aromatic rings. The van der Waals surface area contributed by atoms with Gasteiger partial charge in [-0.15, -0.1) is 0 Å². The van der Waals surface area contributed by atoms with Crippen LogP contribution in [0.5, 0.6) is 5.75 Å². The molecule has 1 saturated carbocycles. The van der Waals surface area contributed by atoms with E-state index in [1.165, 1.54) is 0 Å². The minimum atomic E-state index is -0.848. The van der Waals surface area contributed by atoms with E-state index < -0.39 is 24.0 Å². The van der Waals surface area contributed by atoms with Gasteiger partial charge in [-0.05, 0) is 43.4 Å². The van der Waals surface area contributed by atoms with Gasteiger partial charge in [0.25, 0.3) is 5.91 Å². The van der Waals surface area contributed by atoms with Crippen molar-refractivity contribution in [1.29, 1.82) is 5.26 Å². The molecule has 0 atom stereocenters. The molecule has 0 aliphatic heterocycles. The molecule has 154 valence electrons. The molecule has 0 unspecified atom stereocenters. The summed E-state index contributed by atoms with van der Waals surface area (Å²) in [5.41, 5.74) is 0.843. The SMILES string of the molecule is COc1ccccc1/C=C(/C(=O)OCC(=O)NC1(C#N)CCCC1)c1ccccc1. The summed E-state index contributed by atoms with van der Waals surface area (Å²) in [7, 11) is 1.56. The zero-order chi connectivity index (χ0) is 21.4. The van der Waals surface area contributed by atoms with Crippen LogP contribution >= 0.6 is 0 Å². The van der Waals surface area contributed by atoms with E-state index in [-0.39, 0.29) is 0 Å². The van der Waals surface area contributed by atoms with Crippen molar-refractivity contribution in [2.45, 2.75) is 31.2 Å². The van der Waals surface area contributed by atoms with Gasteiger partial charge >= 0.3 is 5.97 Å². The van der Waals surface area contributed by atoms with Crippen LogP contribution in [0.2, 0.25) is 0 Å². The average molecular weight is 404 g/mol. The molecular formula is C24H24N2O4. The smallest absolute Gasteiger partial charge is 0.339 e. The van der Waals surface area contributed by atoms with Gasteiger partial charge in [0.1, 0.15) is 11.3 Å². The summed E-state index contributed by atoms with van der Waals surface area (Å²) in [6.07, 6.45) is 4.71. The number of esters is 1. The van der Waals surface area contributed by atoms with E-state index >= 15 is 0 Å². The number of nitriles is 1. The molecule has 1 amide bonds. The van der Waals surface area contributed by atoms with E-state index in [4.69, 9.17) is 9.47 Å². The first-order valence-corrected chi connectivity index (χ1v) is 9.86. The van der Waals surface area contributed by atoms with Gasteiger partial charge in [-0.1, -0.05) is 48.5 Å². The fourth-order valence-electron chi connectivity index (χ4n) is 3.57. The Labute approximate surface area is 176 Å². The largest absolute Gasteiger partial charge is 0.496 e. The first kappa shape index (κ1) is 21.1. The first-order valence-electron chi connectivity index (χ1n) is 9.86. The minimum absolute atomic E-state index is 0.309. The van der Waals surface area contributed by atoms with Crippen LogP contribution in [-0.2, 0) is 14.3 Å². The van der Waals surface area contributed by atoms with Crippen molar-refractivity contribution in [3.8, 4) is 11.8 Å². The van der Waals surface area contributed by atoms with Gasteiger partial charge in [-0.2, -0.15) is 5.26 Å².